The molecule has 0 aromatic heterocycles. The van der Waals surface area contributed by atoms with E-state index in [1.165, 1.54) is 4.90 Å². The van der Waals surface area contributed by atoms with Gasteiger partial charge in [0.05, 0.1) is 16.6 Å². The standard InChI is InChI=1S/C11H11F2N3O3/c12-7-5-8(10(13)9(6-7)16(18)19)11(17)15-3-1-14-2-4-15/h5-6,14H,1-4H2. The van der Waals surface area contributed by atoms with Gasteiger partial charge in [-0.1, -0.05) is 0 Å². The van der Waals surface area contributed by atoms with E-state index in [0.29, 0.717) is 38.3 Å². The quantitative estimate of drug-likeness (QED) is 0.641. The van der Waals surface area contributed by atoms with Crippen LogP contribution in [0.3, 0.4) is 0 Å². The molecule has 1 fully saturated rings. The molecule has 1 aromatic carbocycles. The fourth-order valence-corrected chi connectivity index (χ4v) is 1.90. The van der Waals surface area contributed by atoms with Crippen LogP contribution in [0, 0.1) is 21.7 Å². The third-order valence-corrected chi connectivity index (χ3v) is 2.85. The number of nitro benzene ring substituents is 1. The van der Waals surface area contributed by atoms with E-state index in [-0.39, 0.29) is 0 Å². The molecular formula is C11H11F2N3O3. The summed E-state index contributed by atoms with van der Waals surface area (Å²) in [5, 5.41) is 13.6. The van der Waals surface area contributed by atoms with Crippen LogP contribution in [0.5, 0.6) is 0 Å². The zero-order valence-corrected chi connectivity index (χ0v) is 9.86. The molecule has 6 nitrogen and oxygen atoms in total. The molecule has 0 aliphatic carbocycles. The highest BCUT2D eigenvalue weighted by atomic mass is 19.1. The molecule has 1 saturated heterocycles. The number of rotatable bonds is 2. The normalized spacial score (nSPS) is 15.4. The second kappa shape index (κ2) is 5.27. The van der Waals surface area contributed by atoms with Gasteiger partial charge in [0.2, 0.25) is 5.82 Å². The fraction of sp³-hybridized carbons (Fsp3) is 0.364. The highest BCUT2D eigenvalue weighted by molar-refractivity contribution is 5.95. The molecule has 19 heavy (non-hydrogen) atoms. The second-order valence-electron chi connectivity index (χ2n) is 4.09. The first-order valence-corrected chi connectivity index (χ1v) is 5.64. The van der Waals surface area contributed by atoms with Gasteiger partial charge in [0.15, 0.2) is 0 Å². The number of hydrogen-bond acceptors (Lipinski definition) is 4. The lowest BCUT2D eigenvalue weighted by molar-refractivity contribution is -0.387. The molecule has 0 bridgehead atoms. The van der Waals surface area contributed by atoms with E-state index >= 15 is 0 Å². The number of benzene rings is 1. The van der Waals surface area contributed by atoms with E-state index in [4.69, 9.17) is 0 Å². The van der Waals surface area contributed by atoms with E-state index in [1.807, 2.05) is 0 Å². The monoisotopic (exact) mass is 271 g/mol. The van der Waals surface area contributed by atoms with Crippen LogP contribution >= 0.6 is 0 Å². The SMILES string of the molecule is O=C(c1cc(F)cc([N+](=O)[O-])c1F)N1CCNCC1. The third kappa shape index (κ3) is 2.68. The van der Waals surface area contributed by atoms with E-state index in [9.17, 15) is 23.7 Å². The van der Waals surface area contributed by atoms with Crippen molar-refractivity contribution in [2.75, 3.05) is 26.2 Å². The Morgan fingerprint density at radius 1 is 1.32 bits per heavy atom. The number of nitro groups is 1. The summed E-state index contributed by atoms with van der Waals surface area (Å²) in [6.45, 7) is 1.79. The summed E-state index contributed by atoms with van der Waals surface area (Å²) in [5.74, 6) is -3.04. The molecule has 102 valence electrons. The molecule has 1 aromatic rings. The topological polar surface area (TPSA) is 75.5 Å². The van der Waals surface area contributed by atoms with Gasteiger partial charge in [-0.05, 0) is 6.07 Å². The van der Waals surface area contributed by atoms with Crippen LogP contribution < -0.4 is 5.32 Å². The van der Waals surface area contributed by atoms with E-state index in [2.05, 4.69) is 5.32 Å². The lowest BCUT2D eigenvalue weighted by Crippen LogP contribution is -2.46. The van der Waals surface area contributed by atoms with E-state index < -0.39 is 33.7 Å². The molecule has 8 heteroatoms. The number of carbonyl (C=O) groups is 1. The van der Waals surface area contributed by atoms with Crippen molar-refractivity contribution in [3.63, 3.8) is 0 Å². The maximum absolute atomic E-state index is 13.8. The number of nitrogens with zero attached hydrogens (tertiary/aromatic N) is 2. The average molecular weight is 271 g/mol. The predicted octanol–water partition coefficient (Wildman–Crippen LogP) is 0.918. The first-order chi connectivity index (χ1) is 9.00. The Morgan fingerprint density at radius 3 is 2.53 bits per heavy atom. The first kappa shape index (κ1) is 13.3. The van der Waals surface area contributed by atoms with Crippen LogP contribution in [0.2, 0.25) is 0 Å². The Bertz CT molecular complexity index is 530. The molecule has 0 saturated carbocycles. The van der Waals surface area contributed by atoms with Gasteiger partial charge in [-0.15, -0.1) is 0 Å². The van der Waals surface area contributed by atoms with Crippen molar-refractivity contribution in [3.8, 4) is 0 Å². The minimum absolute atomic E-state index is 0.350. The van der Waals surface area contributed by atoms with Gasteiger partial charge in [0.1, 0.15) is 5.82 Å². The smallest absolute Gasteiger partial charge is 0.308 e. The van der Waals surface area contributed by atoms with Gasteiger partial charge in [-0.25, -0.2) is 4.39 Å². The fourth-order valence-electron chi connectivity index (χ4n) is 1.90. The van der Waals surface area contributed by atoms with Crippen LogP contribution in [-0.2, 0) is 0 Å². The van der Waals surface area contributed by atoms with Crippen LogP contribution in [0.15, 0.2) is 12.1 Å². The molecular weight excluding hydrogens is 260 g/mol. The van der Waals surface area contributed by atoms with Crippen LogP contribution in [0.4, 0.5) is 14.5 Å². The van der Waals surface area contributed by atoms with Crippen LogP contribution in [0.25, 0.3) is 0 Å². The Hall–Kier alpha value is -2.09. The number of hydrogen-bond donors (Lipinski definition) is 1. The molecule has 0 atom stereocenters. The molecule has 0 spiro atoms. The highest BCUT2D eigenvalue weighted by Gasteiger charge is 2.27. The van der Waals surface area contributed by atoms with Gasteiger partial charge in [0, 0.05) is 26.2 Å². The van der Waals surface area contributed by atoms with Gasteiger partial charge in [-0.3, -0.25) is 14.9 Å². The molecule has 1 N–H and O–H groups in total. The summed E-state index contributed by atoms with van der Waals surface area (Å²) in [7, 11) is 0. The number of carbonyl (C=O) groups excluding carboxylic acids is 1. The van der Waals surface area contributed by atoms with Crippen LogP contribution in [0.1, 0.15) is 10.4 Å². The number of nitrogens with one attached hydrogen (secondary N) is 1. The summed E-state index contributed by atoms with van der Waals surface area (Å²) in [5.41, 5.74) is -1.63. The number of amides is 1. The third-order valence-electron chi connectivity index (χ3n) is 2.85. The lowest BCUT2D eigenvalue weighted by Gasteiger charge is -2.27. The zero-order valence-electron chi connectivity index (χ0n) is 9.86. The Balaban J connectivity index is 2.38. The van der Waals surface area contributed by atoms with Crippen molar-refractivity contribution >= 4 is 11.6 Å². The average Bonchev–Trinajstić information content (AvgIpc) is 2.41. The molecule has 1 aliphatic heterocycles. The van der Waals surface area contributed by atoms with Gasteiger partial charge in [-0.2, -0.15) is 4.39 Å². The lowest BCUT2D eigenvalue weighted by atomic mass is 10.1. The molecule has 1 heterocycles. The molecule has 0 radical (unpaired) electrons. The second-order valence-corrected chi connectivity index (χ2v) is 4.09. The summed E-state index contributed by atoms with van der Waals surface area (Å²) in [6.07, 6.45) is 0. The van der Waals surface area contributed by atoms with Crippen molar-refractivity contribution in [1.29, 1.82) is 0 Å². The molecule has 1 amide bonds. The molecule has 2 rings (SSSR count). The van der Waals surface area contributed by atoms with E-state index in [1.54, 1.807) is 0 Å². The highest BCUT2D eigenvalue weighted by Crippen LogP contribution is 2.23. The van der Waals surface area contributed by atoms with E-state index in [0.717, 1.165) is 0 Å². The van der Waals surface area contributed by atoms with Crippen molar-refractivity contribution < 1.29 is 18.5 Å². The first-order valence-electron chi connectivity index (χ1n) is 5.64. The zero-order chi connectivity index (χ0) is 14.0. The van der Waals surface area contributed by atoms with Crippen molar-refractivity contribution in [3.05, 3.63) is 39.4 Å². The van der Waals surface area contributed by atoms with Gasteiger partial charge >= 0.3 is 5.69 Å². The Kier molecular flexibility index (Phi) is 3.70. The largest absolute Gasteiger partial charge is 0.336 e. The van der Waals surface area contributed by atoms with Crippen molar-refractivity contribution in [2.24, 2.45) is 0 Å². The predicted molar refractivity (Wildman–Crippen MR) is 61.8 cm³/mol. The van der Waals surface area contributed by atoms with Crippen molar-refractivity contribution in [1.82, 2.24) is 10.2 Å². The number of halogens is 2. The Labute approximate surface area is 107 Å². The van der Waals surface area contributed by atoms with Crippen molar-refractivity contribution in [2.45, 2.75) is 0 Å². The maximum atomic E-state index is 13.8. The summed E-state index contributed by atoms with van der Waals surface area (Å²) >= 11 is 0. The minimum Gasteiger partial charge on any atom is -0.336 e. The summed E-state index contributed by atoms with van der Waals surface area (Å²) < 4.78 is 27.1. The summed E-state index contributed by atoms with van der Waals surface area (Å²) in [6, 6.07) is 1.15. The van der Waals surface area contributed by atoms with Gasteiger partial charge in [0.25, 0.3) is 5.91 Å². The summed E-state index contributed by atoms with van der Waals surface area (Å²) in [4.78, 5) is 22.9. The molecule has 1 aliphatic rings. The molecule has 0 unspecified atom stereocenters. The number of piperazine rings is 1. The maximum Gasteiger partial charge on any atom is 0.308 e. The van der Waals surface area contributed by atoms with Gasteiger partial charge < -0.3 is 10.2 Å². The minimum atomic E-state index is -1.30. The Morgan fingerprint density at radius 2 is 1.95 bits per heavy atom. The van der Waals surface area contributed by atoms with Crippen LogP contribution in [-0.4, -0.2) is 41.9 Å².